The summed E-state index contributed by atoms with van der Waals surface area (Å²) in [6, 6.07) is 13.2. The van der Waals surface area contributed by atoms with Crippen molar-refractivity contribution in [3.05, 3.63) is 58.6 Å². The van der Waals surface area contributed by atoms with Gasteiger partial charge in [0.1, 0.15) is 0 Å². The lowest BCUT2D eigenvalue weighted by molar-refractivity contribution is -0.145. The lowest BCUT2D eigenvalue weighted by Gasteiger charge is -2.12. The number of ether oxygens (including phenoxy) is 3. The van der Waals surface area contributed by atoms with Crippen LogP contribution in [0.1, 0.15) is 25.0 Å². The average Bonchev–Trinajstić information content (AvgIpc) is 2.74. The standard InChI is InChI=1S/C23H28ClNO5S/c1-3-28-20-9-8-17(13-21(20)29-4-2)10-11-25-22(26)14-30-23(27)16-31-15-18-6-5-7-19(24)12-18/h5-9,12-13H,3-4,10-11,14-16H2,1-2H3,(H,25,26). The number of carbonyl (C=O) groups excluding carboxylic acids is 2. The molecule has 1 amide bonds. The van der Waals surface area contributed by atoms with Crippen LogP contribution in [0.4, 0.5) is 0 Å². The molecular weight excluding hydrogens is 438 g/mol. The molecule has 0 aliphatic rings. The number of amides is 1. The Morgan fingerprint density at radius 1 is 1.00 bits per heavy atom. The van der Waals surface area contributed by atoms with E-state index in [-0.39, 0.29) is 18.3 Å². The first-order valence-electron chi connectivity index (χ1n) is 10.1. The Morgan fingerprint density at radius 3 is 2.52 bits per heavy atom. The molecule has 0 radical (unpaired) electrons. The molecule has 2 aromatic rings. The Bertz CT molecular complexity index is 862. The number of carbonyl (C=O) groups is 2. The quantitative estimate of drug-likeness (QED) is 0.445. The second kappa shape index (κ2) is 13.8. The third-order valence-electron chi connectivity index (χ3n) is 4.09. The Balaban J connectivity index is 1.65. The minimum atomic E-state index is -0.421. The van der Waals surface area contributed by atoms with Crippen molar-refractivity contribution in [1.29, 1.82) is 0 Å². The molecule has 8 heteroatoms. The molecule has 168 valence electrons. The van der Waals surface area contributed by atoms with Crippen LogP contribution in [0, 0.1) is 0 Å². The van der Waals surface area contributed by atoms with Gasteiger partial charge in [0.25, 0.3) is 5.91 Å². The van der Waals surface area contributed by atoms with E-state index in [0.29, 0.717) is 48.5 Å². The highest BCUT2D eigenvalue weighted by molar-refractivity contribution is 7.99. The van der Waals surface area contributed by atoms with Crippen molar-refractivity contribution >= 4 is 35.2 Å². The van der Waals surface area contributed by atoms with Crippen LogP contribution in [0.5, 0.6) is 11.5 Å². The van der Waals surface area contributed by atoms with Gasteiger partial charge < -0.3 is 19.5 Å². The van der Waals surface area contributed by atoms with Gasteiger partial charge in [0, 0.05) is 17.3 Å². The number of benzene rings is 2. The zero-order valence-corrected chi connectivity index (χ0v) is 19.4. The van der Waals surface area contributed by atoms with Gasteiger partial charge in [0.2, 0.25) is 0 Å². The van der Waals surface area contributed by atoms with Crippen molar-refractivity contribution in [1.82, 2.24) is 5.32 Å². The number of esters is 1. The van der Waals surface area contributed by atoms with E-state index in [4.69, 9.17) is 25.8 Å². The van der Waals surface area contributed by atoms with Crippen molar-refractivity contribution in [3.63, 3.8) is 0 Å². The van der Waals surface area contributed by atoms with Crippen LogP contribution in [0.25, 0.3) is 0 Å². The molecule has 0 bridgehead atoms. The predicted molar refractivity (Wildman–Crippen MR) is 124 cm³/mol. The van der Waals surface area contributed by atoms with Crippen molar-refractivity contribution in [3.8, 4) is 11.5 Å². The molecule has 0 atom stereocenters. The molecular formula is C23H28ClNO5S. The summed E-state index contributed by atoms with van der Waals surface area (Å²) >= 11 is 7.35. The fraction of sp³-hybridized carbons (Fsp3) is 0.391. The number of halogens is 1. The van der Waals surface area contributed by atoms with Crippen molar-refractivity contribution in [2.45, 2.75) is 26.0 Å². The summed E-state index contributed by atoms with van der Waals surface area (Å²) in [5.74, 6) is 1.47. The van der Waals surface area contributed by atoms with E-state index in [1.807, 2.05) is 50.2 Å². The van der Waals surface area contributed by atoms with Crippen LogP contribution in [-0.4, -0.2) is 44.0 Å². The highest BCUT2D eigenvalue weighted by Crippen LogP contribution is 2.28. The van der Waals surface area contributed by atoms with Gasteiger partial charge in [-0.2, -0.15) is 0 Å². The number of rotatable bonds is 13. The molecule has 0 saturated carbocycles. The molecule has 0 aromatic heterocycles. The fourth-order valence-corrected chi connectivity index (χ4v) is 3.70. The lowest BCUT2D eigenvalue weighted by Crippen LogP contribution is -2.30. The van der Waals surface area contributed by atoms with E-state index in [9.17, 15) is 9.59 Å². The Morgan fingerprint density at radius 2 is 1.77 bits per heavy atom. The number of thioether (sulfide) groups is 1. The number of hydrogen-bond donors (Lipinski definition) is 1. The van der Waals surface area contributed by atoms with Gasteiger partial charge in [-0.05, 0) is 55.7 Å². The van der Waals surface area contributed by atoms with E-state index >= 15 is 0 Å². The maximum atomic E-state index is 11.9. The molecule has 1 N–H and O–H groups in total. The maximum absolute atomic E-state index is 11.9. The van der Waals surface area contributed by atoms with Crippen LogP contribution < -0.4 is 14.8 Å². The molecule has 2 aromatic carbocycles. The van der Waals surface area contributed by atoms with Crippen molar-refractivity contribution in [2.24, 2.45) is 0 Å². The maximum Gasteiger partial charge on any atom is 0.316 e. The summed E-state index contributed by atoms with van der Waals surface area (Å²) in [6.07, 6.45) is 0.627. The zero-order valence-electron chi connectivity index (χ0n) is 17.8. The van der Waals surface area contributed by atoms with Gasteiger partial charge in [-0.25, -0.2) is 0 Å². The van der Waals surface area contributed by atoms with Gasteiger partial charge in [-0.1, -0.05) is 29.8 Å². The topological polar surface area (TPSA) is 73.9 Å². The molecule has 0 fully saturated rings. The fourth-order valence-electron chi connectivity index (χ4n) is 2.71. The molecule has 2 rings (SSSR count). The van der Waals surface area contributed by atoms with Crippen molar-refractivity contribution < 1.29 is 23.8 Å². The molecule has 0 aliphatic carbocycles. The summed E-state index contributed by atoms with van der Waals surface area (Å²) in [6.45, 7) is 5.09. The largest absolute Gasteiger partial charge is 0.490 e. The third kappa shape index (κ3) is 9.53. The van der Waals surface area contributed by atoms with Crippen LogP contribution >= 0.6 is 23.4 Å². The lowest BCUT2D eigenvalue weighted by atomic mass is 10.1. The van der Waals surface area contributed by atoms with Crippen LogP contribution in [0.3, 0.4) is 0 Å². The molecule has 31 heavy (non-hydrogen) atoms. The van der Waals surface area contributed by atoms with E-state index in [1.165, 1.54) is 11.8 Å². The van der Waals surface area contributed by atoms with E-state index in [0.717, 1.165) is 11.1 Å². The van der Waals surface area contributed by atoms with Crippen LogP contribution in [-0.2, 0) is 26.5 Å². The van der Waals surface area contributed by atoms with Gasteiger partial charge in [-0.15, -0.1) is 11.8 Å². The van der Waals surface area contributed by atoms with Gasteiger partial charge in [0.15, 0.2) is 18.1 Å². The summed E-state index contributed by atoms with van der Waals surface area (Å²) in [7, 11) is 0. The molecule has 0 aliphatic heterocycles. The predicted octanol–water partition coefficient (Wildman–Crippen LogP) is 4.27. The highest BCUT2D eigenvalue weighted by Gasteiger charge is 2.09. The monoisotopic (exact) mass is 465 g/mol. The van der Waals surface area contributed by atoms with Crippen molar-refractivity contribution in [2.75, 3.05) is 32.1 Å². The van der Waals surface area contributed by atoms with Crippen LogP contribution in [0.15, 0.2) is 42.5 Å². The Hall–Kier alpha value is -2.38. The summed E-state index contributed by atoms with van der Waals surface area (Å²) in [5.41, 5.74) is 2.05. The second-order valence-corrected chi connectivity index (χ2v) is 7.95. The summed E-state index contributed by atoms with van der Waals surface area (Å²) in [4.78, 5) is 23.7. The first-order chi connectivity index (χ1) is 15.0. The Labute approximate surface area is 192 Å². The third-order valence-corrected chi connectivity index (χ3v) is 5.30. The van der Waals surface area contributed by atoms with Gasteiger partial charge >= 0.3 is 5.97 Å². The zero-order chi connectivity index (χ0) is 22.5. The van der Waals surface area contributed by atoms with Gasteiger partial charge in [0.05, 0.1) is 19.0 Å². The first kappa shape index (κ1) is 24.9. The summed E-state index contributed by atoms with van der Waals surface area (Å²) in [5, 5.41) is 3.42. The van der Waals surface area contributed by atoms with E-state index in [2.05, 4.69) is 5.32 Å². The SMILES string of the molecule is CCOc1ccc(CCNC(=O)COC(=O)CSCc2cccc(Cl)c2)cc1OCC. The van der Waals surface area contributed by atoms with E-state index < -0.39 is 5.97 Å². The average molecular weight is 466 g/mol. The number of hydrogen-bond acceptors (Lipinski definition) is 6. The summed E-state index contributed by atoms with van der Waals surface area (Å²) < 4.78 is 16.2. The minimum absolute atomic E-state index is 0.173. The van der Waals surface area contributed by atoms with Crippen LogP contribution in [0.2, 0.25) is 5.02 Å². The Kier molecular flexibility index (Phi) is 11.1. The molecule has 0 heterocycles. The minimum Gasteiger partial charge on any atom is -0.490 e. The normalized spacial score (nSPS) is 10.4. The smallest absolute Gasteiger partial charge is 0.316 e. The first-order valence-corrected chi connectivity index (χ1v) is 11.7. The molecule has 0 unspecified atom stereocenters. The van der Waals surface area contributed by atoms with Gasteiger partial charge in [-0.3, -0.25) is 9.59 Å². The highest BCUT2D eigenvalue weighted by atomic mass is 35.5. The van der Waals surface area contributed by atoms with E-state index in [1.54, 1.807) is 6.07 Å². The molecule has 0 spiro atoms. The molecule has 0 saturated heterocycles. The second-order valence-electron chi connectivity index (χ2n) is 6.53. The number of nitrogens with one attached hydrogen (secondary N) is 1. The molecule has 6 nitrogen and oxygen atoms in total.